The summed E-state index contributed by atoms with van der Waals surface area (Å²) in [5.74, 6) is 0.755. The number of ether oxygens (including phenoxy) is 1. The van der Waals surface area contributed by atoms with Crippen LogP contribution < -0.4 is 10.1 Å². The highest BCUT2D eigenvalue weighted by Crippen LogP contribution is 2.30. The van der Waals surface area contributed by atoms with Crippen molar-refractivity contribution in [3.05, 3.63) is 48.0 Å². The first-order chi connectivity index (χ1) is 16.8. The fourth-order valence-electron chi connectivity index (χ4n) is 3.96. The van der Waals surface area contributed by atoms with Crippen molar-refractivity contribution in [2.75, 3.05) is 25.5 Å². The average molecular weight is 499 g/mol. The van der Waals surface area contributed by atoms with E-state index in [-0.39, 0.29) is 17.1 Å². The van der Waals surface area contributed by atoms with Crippen LogP contribution in [0.2, 0.25) is 0 Å². The Bertz CT molecular complexity index is 1280. The third kappa shape index (κ3) is 5.68. The van der Waals surface area contributed by atoms with Crippen molar-refractivity contribution in [3.63, 3.8) is 0 Å². The molecule has 4 rings (SSSR count). The number of hydrogen-bond donors (Lipinski definition) is 1. The molecule has 10 nitrogen and oxygen atoms in total. The molecular weight excluding hydrogens is 468 g/mol. The van der Waals surface area contributed by atoms with E-state index in [0.717, 1.165) is 24.8 Å². The number of nitrogens with zero attached hydrogens (tertiary/aromatic N) is 5. The molecule has 0 spiro atoms. The van der Waals surface area contributed by atoms with E-state index >= 15 is 0 Å². The van der Waals surface area contributed by atoms with Crippen LogP contribution in [0.1, 0.15) is 44.6 Å². The molecule has 0 saturated carbocycles. The molecule has 0 unspecified atom stereocenters. The summed E-state index contributed by atoms with van der Waals surface area (Å²) >= 11 is 0. The first-order valence-corrected chi connectivity index (χ1v) is 13.1. The van der Waals surface area contributed by atoms with Gasteiger partial charge in [0.25, 0.3) is 0 Å². The van der Waals surface area contributed by atoms with Crippen LogP contribution in [0.25, 0.3) is 11.4 Å². The maximum Gasteiger partial charge on any atom is 0.248 e. The van der Waals surface area contributed by atoms with Gasteiger partial charge in [-0.2, -0.15) is 9.10 Å². The molecule has 35 heavy (non-hydrogen) atoms. The Morgan fingerprint density at radius 1 is 1.09 bits per heavy atom. The first-order valence-electron chi connectivity index (χ1n) is 11.6. The number of carbonyl (C=O) groups is 1. The minimum Gasteiger partial charge on any atom is -0.495 e. The molecule has 0 aliphatic carbocycles. The van der Waals surface area contributed by atoms with E-state index < -0.39 is 15.9 Å². The molecular formula is C24H30N6O4S. The number of aromatic nitrogens is 4. The number of benzene rings is 2. The zero-order valence-electron chi connectivity index (χ0n) is 20.1. The number of nitrogens with one attached hydrogen (secondary N) is 1. The zero-order valence-corrected chi connectivity index (χ0v) is 21.0. The summed E-state index contributed by atoms with van der Waals surface area (Å²) in [6, 6.07) is 12.4. The van der Waals surface area contributed by atoms with Crippen LogP contribution in [0.3, 0.4) is 0 Å². The van der Waals surface area contributed by atoms with Gasteiger partial charge in [-0.3, -0.25) is 4.79 Å². The van der Waals surface area contributed by atoms with Crippen LogP contribution in [0, 0.1) is 0 Å². The molecule has 11 heteroatoms. The molecule has 1 N–H and O–H groups in total. The number of piperidine rings is 1. The molecule has 0 radical (unpaired) electrons. The summed E-state index contributed by atoms with van der Waals surface area (Å²) in [7, 11) is -2.20. The van der Waals surface area contributed by atoms with Gasteiger partial charge in [-0.25, -0.2) is 8.42 Å². The maximum atomic E-state index is 13.1. The number of sulfonamides is 1. The van der Waals surface area contributed by atoms with Crippen molar-refractivity contribution in [2.45, 2.75) is 50.5 Å². The number of amides is 1. The van der Waals surface area contributed by atoms with Crippen LogP contribution >= 0.6 is 0 Å². The molecule has 1 amide bonds. The minimum absolute atomic E-state index is 0.113. The summed E-state index contributed by atoms with van der Waals surface area (Å²) in [6.07, 6.45) is 2.71. The van der Waals surface area contributed by atoms with Gasteiger partial charge in [0, 0.05) is 18.7 Å². The Morgan fingerprint density at radius 2 is 1.80 bits per heavy atom. The second kappa shape index (κ2) is 10.5. The van der Waals surface area contributed by atoms with E-state index in [1.54, 1.807) is 6.07 Å². The Morgan fingerprint density at radius 3 is 2.46 bits per heavy atom. The van der Waals surface area contributed by atoms with Gasteiger partial charge >= 0.3 is 0 Å². The first kappa shape index (κ1) is 24.8. The summed E-state index contributed by atoms with van der Waals surface area (Å²) in [5, 5.41) is 15.0. The average Bonchev–Trinajstić information content (AvgIpc) is 3.32. The van der Waals surface area contributed by atoms with Gasteiger partial charge in [0.05, 0.1) is 17.7 Å². The molecule has 1 aliphatic rings. The summed E-state index contributed by atoms with van der Waals surface area (Å²) in [6.45, 7) is 5.04. The van der Waals surface area contributed by atoms with Gasteiger partial charge in [0.15, 0.2) is 0 Å². The lowest BCUT2D eigenvalue weighted by molar-refractivity contribution is -0.117. The van der Waals surface area contributed by atoms with Crippen molar-refractivity contribution in [3.8, 4) is 17.1 Å². The highest BCUT2D eigenvalue weighted by molar-refractivity contribution is 7.89. The Kier molecular flexibility index (Phi) is 7.46. The van der Waals surface area contributed by atoms with Crippen LogP contribution in [0.15, 0.2) is 47.4 Å². The van der Waals surface area contributed by atoms with Crippen molar-refractivity contribution >= 4 is 21.6 Å². The maximum absolute atomic E-state index is 13.1. The van der Waals surface area contributed by atoms with E-state index in [0.29, 0.717) is 30.6 Å². The van der Waals surface area contributed by atoms with Gasteiger partial charge in [0.1, 0.15) is 12.3 Å². The fraction of sp³-hybridized carbons (Fsp3) is 0.417. The summed E-state index contributed by atoms with van der Waals surface area (Å²) < 4.78 is 32.9. The number of tetrazole rings is 1. The predicted octanol–water partition coefficient (Wildman–Crippen LogP) is 3.29. The van der Waals surface area contributed by atoms with Crippen molar-refractivity contribution in [1.29, 1.82) is 0 Å². The van der Waals surface area contributed by atoms with Crippen LogP contribution in [0.4, 0.5) is 5.69 Å². The lowest BCUT2D eigenvalue weighted by Crippen LogP contribution is -2.35. The highest BCUT2D eigenvalue weighted by atomic mass is 32.2. The number of carbonyl (C=O) groups excluding carboxylic acids is 1. The molecule has 1 saturated heterocycles. The Balaban J connectivity index is 1.47. The second-order valence-corrected chi connectivity index (χ2v) is 10.7. The van der Waals surface area contributed by atoms with Gasteiger partial charge in [0.2, 0.25) is 21.8 Å². The smallest absolute Gasteiger partial charge is 0.248 e. The van der Waals surface area contributed by atoms with Crippen LogP contribution in [0.5, 0.6) is 5.75 Å². The molecule has 186 valence electrons. The molecule has 0 bridgehead atoms. The molecule has 2 heterocycles. The topological polar surface area (TPSA) is 119 Å². The molecule has 3 aromatic rings. The SMILES string of the molecule is COc1ccc(S(=O)(=O)N2CCCCC2)cc1NC(=O)Cn1nnc(-c2ccc(C(C)C)cc2)n1. The minimum atomic E-state index is -3.65. The quantitative estimate of drug-likeness (QED) is 0.506. The molecule has 1 aromatic heterocycles. The molecule has 2 aromatic carbocycles. The predicted molar refractivity (Wildman–Crippen MR) is 132 cm³/mol. The van der Waals surface area contributed by atoms with Gasteiger partial charge in [-0.15, -0.1) is 10.2 Å². The van der Waals surface area contributed by atoms with Crippen molar-refractivity contribution in [2.24, 2.45) is 0 Å². The highest BCUT2D eigenvalue weighted by Gasteiger charge is 2.27. The largest absolute Gasteiger partial charge is 0.495 e. The van der Waals surface area contributed by atoms with E-state index in [4.69, 9.17) is 4.74 Å². The summed E-state index contributed by atoms with van der Waals surface area (Å²) in [4.78, 5) is 14.0. The zero-order chi connectivity index (χ0) is 25.0. The lowest BCUT2D eigenvalue weighted by Gasteiger charge is -2.26. The molecule has 1 fully saturated rings. The van der Waals surface area contributed by atoms with E-state index in [9.17, 15) is 13.2 Å². The Hall–Kier alpha value is -3.31. The van der Waals surface area contributed by atoms with Crippen LogP contribution in [-0.4, -0.2) is 59.0 Å². The van der Waals surface area contributed by atoms with Gasteiger partial charge < -0.3 is 10.1 Å². The number of methoxy groups -OCH3 is 1. The lowest BCUT2D eigenvalue weighted by atomic mass is 10.0. The van der Waals surface area contributed by atoms with Gasteiger partial charge in [-0.05, 0) is 47.7 Å². The number of rotatable bonds is 8. The van der Waals surface area contributed by atoms with E-state index in [2.05, 4.69) is 34.6 Å². The monoisotopic (exact) mass is 498 g/mol. The molecule has 0 atom stereocenters. The van der Waals surface area contributed by atoms with E-state index in [1.165, 1.54) is 33.9 Å². The van der Waals surface area contributed by atoms with Crippen molar-refractivity contribution in [1.82, 2.24) is 24.5 Å². The van der Waals surface area contributed by atoms with Crippen LogP contribution in [-0.2, 0) is 21.4 Å². The van der Waals surface area contributed by atoms with Gasteiger partial charge in [-0.1, -0.05) is 44.5 Å². The normalized spacial score (nSPS) is 14.7. The third-order valence-corrected chi connectivity index (χ3v) is 7.87. The third-order valence-electron chi connectivity index (χ3n) is 5.97. The fourth-order valence-corrected chi connectivity index (χ4v) is 5.50. The summed E-state index contributed by atoms with van der Waals surface area (Å²) in [5.41, 5.74) is 2.28. The molecule has 1 aliphatic heterocycles. The Labute approximate surface area is 205 Å². The second-order valence-electron chi connectivity index (χ2n) is 8.80. The van der Waals surface area contributed by atoms with E-state index in [1.807, 2.05) is 24.3 Å². The number of hydrogen-bond acceptors (Lipinski definition) is 7. The standard InChI is InChI=1S/C24H30N6O4S/c1-17(2)18-7-9-19(10-8-18)24-26-28-30(27-24)16-23(31)25-21-15-20(11-12-22(21)34-3)35(32,33)29-13-5-4-6-14-29/h7-12,15,17H,4-6,13-14,16H2,1-3H3,(H,25,31). The van der Waals surface area contributed by atoms with Crippen molar-refractivity contribution < 1.29 is 17.9 Å². The number of anilines is 1.